The molecule has 2 atom stereocenters. The van der Waals surface area contributed by atoms with Gasteiger partial charge in [0, 0.05) is 13.1 Å². The summed E-state index contributed by atoms with van der Waals surface area (Å²) >= 11 is 0. The molecule has 2 heterocycles. The van der Waals surface area contributed by atoms with Gasteiger partial charge in [0.1, 0.15) is 12.3 Å². The van der Waals surface area contributed by atoms with E-state index in [0.717, 1.165) is 28.3 Å². The van der Waals surface area contributed by atoms with Gasteiger partial charge in [0.05, 0.1) is 10.9 Å². The summed E-state index contributed by atoms with van der Waals surface area (Å²) in [6.07, 6.45) is 3.31. The maximum absolute atomic E-state index is 13.2. The van der Waals surface area contributed by atoms with Gasteiger partial charge in [0.25, 0.3) is 0 Å². The molecule has 2 unspecified atom stereocenters. The van der Waals surface area contributed by atoms with E-state index < -0.39 is 22.1 Å². The molecule has 2 aliphatic heterocycles. The minimum absolute atomic E-state index is 0.142. The van der Waals surface area contributed by atoms with Crippen molar-refractivity contribution in [3.8, 4) is 0 Å². The van der Waals surface area contributed by atoms with Gasteiger partial charge in [-0.3, -0.25) is 4.79 Å². The molecule has 0 saturated carbocycles. The number of sulfonamides is 1. The predicted octanol–water partition coefficient (Wildman–Crippen LogP) is 1.65. The van der Waals surface area contributed by atoms with Crippen molar-refractivity contribution in [3.63, 3.8) is 0 Å². The number of amides is 1. The number of hydrogen-bond acceptors (Lipinski definition) is 4. The molecule has 1 aromatic rings. The van der Waals surface area contributed by atoms with Crippen LogP contribution >= 0.6 is 0 Å². The number of aryl methyl sites for hydroxylation is 2. The smallest absolute Gasteiger partial charge is 0.244 e. The van der Waals surface area contributed by atoms with Crippen LogP contribution in [-0.4, -0.2) is 55.0 Å². The molecule has 25 heavy (non-hydrogen) atoms. The van der Waals surface area contributed by atoms with Crippen molar-refractivity contribution in [3.05, 3.63) is 29.3 Å². The van der Waals surface area contributed by atoms with Gasteiger partial charge in [-0.1, -0.05) is 6.07 Å². The molecule has 2 saturated heterocycles. The van der Waals surface area contributed by atoms with Crippen molar-refractivity contribution < 1.29 is 18.0 Å². The van der Waals surface area contributed by atoms with Crippen molar-refractivity contribution in [2.45, 2.75) is 56.5 Å². The quantitative estimate of drug-likeness (QED) is 0.762. The molecular formula is C18H24N2O4S. The molecule has 7 heteroatoms. The average Bonchev–Trinajstić information content (AvgIpc) is 3.26. The lowest BCUT2D eigenvalue weighted by Gasteiger charge is -2.29. The maximum Gasteiger partial charge on any atom is 0.244 e. The van der Waals surface area contributed by atoms with Crippen LogP contribution in [0.1, 0.15) is 36.8 Å². The molecule has 0 bridgehead atoms. The molecule has 0 radical (unpaired) electrons. The zero-order chi connectivity index (χ0) is 18.2. The highest BCUT2D eigenvalue weighted by Gasteiger charge is 2.47. The highest BCUT2D eigenvalue weighted by molar-refractivity contribution is 7.89. The number of likely N-dealkylation sites (tertiary alicyclic amines) is 1. The highest BCUT2D eigenvalue weighted by Crippen LogP contribution is 2.32. The Bertz CT molecular complexity index is 784. The third-order valence-corrected chi connectivity index (χ3v) is 7.21. The summed E-state index contributed by atoms with van der Waals surface area (Å²) in [5, 5.41) is 0. The van der Waals surface area contributed by atoms with Gasteiger partial charge in [0.15, 0.2) is 0 Å². The molecule has 1 amide bonds. The summed E-state index contributed by atoms with van der Waals surface area (Å²) in [5.41, 5.74) is 1.86. The van der Waals surface area contributed by atoms with Crippen molar-refractivity contribution >= 4 is 22.2 Å². The molecule has 0 aromatic heterocycles. The van der Waals surface area contributed by atoms with E-state index in [-0.39, 0.29) is 10.8 Å². The number of carbonyl (C=O) groups is 2. The SMILES string of the molecule is Cc1ccc(S(=O)(=O)N2C(C=O)CCC2C(=O)N2CCCC2)cc1C. The van der Waals surface area contributed by atoms with Crippen LogP contribution in [0, 0.1) is 13.8 Å². The van der Waals surface area contributed by atoms with E-state index in [1.807, 2.05) is 13.8 Å². The number of benzene rings is 1. The number of carbonyl (C=O) groups excluding carboxylic acids is 2. The van der Waals surface area contributed by atoms with Gasteiger partial charge in [-0.25, -0.2) is 8.42 Å². The molecule has 1 aromatic carbocycles. The first kappa shape index (κ1) is 18.1. The average molecular weight is 364 g/mol. The van der Waals surface area contributed by atoms with Crippen LogP contribution in [0.25, 0.3) is 0 Å². The van der Waals surface area contributed by atoms with Crippen LogP contribution in [0.2, 0.25) is 0 Å². The van der Waals surface area contributed by atoms with Crippen LogP contribution in [0.5, 0.6) is 0 Å². The Labute approximate surface area is 148 Å². The van der Waals surface area contributed by atoms with Crippen molar-refractivity contribution in [2.24, 2.45) is 0 Å². The second-order valence-corrected chi connectivity index (χ2v) is 8.75. The predicted molar refractivity (Wildman–Crippen MR) is 93.6 cm³/mol. The lowest BCUT2D eigenvalue weighted by molar-refractivity contribution is -0.133. The van der Waals surface area contributed by atoms with Crippen molar-refractivity contribution in [2.75, 3.05) is 13.1 Å². The zero-order valence-electron chi connectivity index (χ0n) is 14.6. The van der Waals surface area contributed by atoms with E-state index in [0.29, 0.717) is 32.2 Å². The Morgan fingerprint density at radius 3 is 2.40 bits per heavy atom. The van der Waals surface area contributed by atoms with Crippen LogP contribution in [0.3, 0.4) is 0 Å². The van der Waals surface area contributed by atoms with Crippen molar-refractivity contribution in [1.29, 1.82) is 0 Å². The Balaban J connectivity index is 1.98. The summed E-state index contributed by atoms with van der Waals surface area (Å²) in [4.78, 5) is 26.2. The Morgan fingerprint density at radius 2 is 1.80 bits per heavy atom. The third kappa shape index (κ3) is 3.22. The van der Waals surface area contributed by atoms with Gasteiger partial charge in [-0.05, 0) is 62.8 Å². The Morgan fingerprint density at radius 1 is 1.12 bits per heavy atom. The molecule has 0 aliphatic carbocycles. The summed E-state index contributed by atoms with van der Waals surface area (Å²) < 4.78 is 27.5. The fourth-order valence-electron chi connectivity index (χ4n) is 3.66. The van der Waals surface area contributed by atoms with E-state index >= 15 is 0 Å². The molecule has 0 N–H and O–H groups in total. The first-order chi connectivity index (χ1) is 11.9. The molecule has 136 valence electrons. The van der Waals surface area contributed by atoms with Crippen molar-refractivity contribution in [1.82, 2.24) is 9.21 Å². The molecule has 2 aliphatic rings. The van der Waals surface area contributed by atoms with Crippen LogP contribution in [0.15, 0.2) is 23.1 Å². The van der Waals surface area contributed by atoms with E-state index in [2.05, 4.69) is 0 Å². The van der Waals surface area contributed by atoms with E-state index in [4.69, 9.17) is 0 Å². The summed E-state index contributed by atoms with van der Waals surface area (Å²) in [7, 11) is -3.91. The minimum atomic E-state index is -3.91. The summed E-state index contributed by atoms with van der Waals surface area (Å²) in [5.74, 6) is -0.172. The van der Waals surface area contributed by atoms with Crippen LogP contribution in [-0.2, 0) is 19.6 Å². The molecule has 2 fully saturated rings. The number of nitrogens with zero attached hydrogens (tertiary/aromatic N) is 2. The standard InChI is InChI=1S/C18H24N2O4S/c1-13-5-7-16(11-14(13)2)25(23,24)20-15(12-21)6-8-17(20)18(22)19-9-3-4-10-19/h5,7,11-12,15,17H,3-4,6,8-10H2,1-2H3. The topological polar surface area (TPSA) is 74.8 Å². The lowest BCUT2D eigenvalue weighted by Crippen LogP contribution is -2.49. The van der Waals surface area contributed by atoms with Gasteiger partial charge in [0.2, 0.25) is 15.9 Å². The maximum atomic E-state index is 13.2. The minimum Gasteiger partial charge on any atom is -0.341 e. The number of hydrogen-bond donors (Lipinski definition) is 0. The number of rotatable bonds is 4. The van der Waals surface area contributed by atoms with Gasteiger partial charge in [-0.15, -0.1) is 0 Å². The van der Waals surface area contributed by atoms with E-state index in [1.54, 1.807) is 23.1 Å². The van der Waals surface area contributed by atoms with E-state index in [1.165, 1.54) is 0 Å². The zero-order valence-corrected chi connectivity index (χ0v) is 15.5. The van der Waals surface area contributed by atoms with Gasteiger partial charge < -0.3 is 9.69 Å². The fraction of sp³-hybridized carbons (Fsp3) is 0.556. The number of aldehydes is 1. The molecule has 6 nitrogen and oxygen atoms in total. The monoisotopic (exact) mass is 364 g/mol. The first-order valence-electron chi connectivity index (χ1n) is 8.71. The lowest BCUT2D eigenvalue weighted by atomic mass is 10.1. The molecule has 3 rings (SSSR count). The van der Waals surface area contributed by atoms with E-state index in [9.17, 15) is 18.0 Å². The third-order valence-electron chi connectivity index (χ3n) is 5.28. The second kappa shape index (κ2) is 6.88. The second-order valence-electron chi connectivity index (χ2n) is 6.91. The summed E-state index contributed by atoms with van der Waals surface area (Å²) in [6.45, 7) is 5.09. The van der Waals surface area contributed by atoms with Crippen LogP contribution in [0.4, 0.5) is 0 Å². The molecule has 0 spiro atoms. The fourth-order valence-corrected chi connectivity index (χ4v) is 5.52. The highest BCUT2D eigenvalue weighted by atomic mass is 32.2. The Hall–Kier alpha value is -1.73. The summed E-state index contributed by atoms with van der Waals surface area (Å²) in [6, 6.07) is 3.37. The van der Waals surface area contributed by atoms with Gasteiger partial charge in [-0.2, -0.15) is 4.31 Å². The Kier molecular flexibility index (Phi) is 4.97. The normalized spacial score (nSPS) is 24.6. The van der Waals surface area contributed by atoms with Gasteiger partial charge >= 0.3 is 0 Å². The largest absolute Gasteiger partial charge is 0.341 e. The molecular weight excluding hydrogens is 340 g/mol. The van der Waals surface area contributed by atoms with Crippen LogP contribution < -0.4 is 0 Å². The first-order valence-corrected chi connectivity index (χ1v) is 10.1.